The second kappa shape index (κ2) is 5.12. The number of halogens is 1. The summed E-state index contributed by atoms with van der Waals surface area (Å²) in [5.41, 5.74) is 0.648. The molecule has 80 valence electrons. The number of rotatable bonds is 3. The first kappa shape index (κ1) is 11.1. The third-order valence-corrected chi connectivity index (χ3v) is 2.72. The van der Waals surface area contributed by atoms with E-state index in [1.54, 1.807) is 24.3 Å². The molecule has 0 aliphatic heterocycles. The van der Waals surface area contributed by atoms with Crippen LogP contribution in [0.5, 0.6) is 11.5 Å². The van der Waals surface area contributed by atoms with Crippen LogP contribution < -0.4 is 4.74 Å². The molecule has 0 aromatic heterocycles. The molecular formula is C13H9IO2. The fourth-order valence-electron chi connectivity index (χ4n) is 1.28. The molecular weight excluding hydrogens is 315 g/mol. The van der Waals surface area contributed by atoms with Gasteiger partial charge in [-0.1, -0.05) is 6.07 Å². The molecule has 0 amide bonds. The van der Waals surface area contributed by atoms with E-state index in [0.717, 1.165) is 21.4 Å². The van der Waals surface area contributed by atoms with Gasteiger partial charge in [0, 0.05) is 9.13 Å². The van der Waals surface area contributed by atoms with Crippen LogP contribution in [0.3, 0.4) is 0 Å². The minimum atomic E-state index is 0.648. The highest BCUT2D eigenvalue weighted by molar-refractivity contribution is 14.1. The molecule has 0 heterocycles. The van der Waals surface area contributed by atoms with Crippen LogP contribution in [0, 0.1) is 3.57 Å². The molecule has 2 rings (SSSR count). The molecule has 0 atom stereocenters. The summed E-state index contributed by atoms with van der Waals surface area (Å²) in [5.74, 6) is 1.53. The number of carbonyl (C=O) groups excluding carboxylic acids is 1. The molecule has 0 radical (unpaired) electrons. The van der Waals surface area contributed by atoms with Crippen molar-refractivity contribution in [3.8, 4) is 11.5 Å². The van der Waals surface area contributed by atoms with Gasteiger partial charge >= 0.3 is 0 Å². The predicted octanol–water partition coefficient (Wildman–Crippen LogP) is 3.90. The summed E-state index contributed by atoms with van der Waals surface area (Å²) in [7, 11) is 0. The van der Waals surface area contributed by atoms with Crippen molar-refractivity contribution >= 4 is 28.9 Å². The van der Waals surface area contributed by atoms with Gasteiger partial charge < -0.3 is 4.74 Å². The summed E-state index contributed by atoms with van der Waals surface area (Å²) in [4.78, 5) is 10.5. The number of aldehydes is 1. The zero-order chi connectivity index (χ0) is 11.4. The smallest absolute Gasteiger partial charge is 0.150 e. The van der Waals surface area contributed by atoms with Crippen LogP contribution in [-0.4, -0.2) is 6.29 Å². The molecule has 3 heteroatoms. The molecule has 0 unspecified atom stereocenters. The fraction of sp³-hybridized carbons (Fsp3) is 0. The van der Waals surface area contributed by atoms with Crippen LogP contribution in [0.4, 0.5) is 0 Å². The minimum absolute atomic E-state index is 0.648. The molecule has 2 aromatic rings. The van der Waals surface area contributed by atoms with E-state index < -0.39 is 0 Å². The number of carbonyl (C=O) groups is 1. The van der Waals surface area contributed by atoms with Crippen molar-refractivity contribution < 1.29 is 9.53 Å². The van der Waals surface area contributed by atoms with E-state index in [9.17, 15) is 4.79 Å². The van der Waals surface area contributed by atoms with Crippen molar-refractivity contribution in [3.63, 3.8) is 0 Å². The zero-order valence-corrected chi connectivity index (χ0v) is 10.5. The van der Waals surface area contributed by atoms with Gasteiger partial charge in [-0.3, -0.25) is 4.79 Å². The van der Waals surface area contributed by atoms with Gasteiger partial charge in [0.15, 0.2) is 0 Å². The summed E-state index contributed by atoms with van der Waals surface area (Å²) >= 11 is 2.23. The lowest BCUT2D eigenvalue weighted by atomic mass is 10.2. The lowest BCUT2D eigenvalue weighted by Crippen LogP contribution is -1.85. The molecule has 0 spiro atoms. The topological polar surface area (TPSA) is 26.3 Å². The van der Waals surface area contributed by atoms with E-state index in [1.165, 1.54) is 0 Å². The Kier molecular flexibility index (Phi) is 3.56. The standard InChI is InChI=1S/C13H9IO2/c14-11-2-1-3-13(8-11)16-12-6-4-10(9-15)5-7-12/h1-9H. The third-order valence-electron chi connectivity index (χ3n) is 2.05. The lowest BCUT2D eigenvalue weighted by Gasteiger charge is -2.05. The van der Waals surface area contributed by atoms with Crippen LogP contribution in [0.2, 0.25) is 0 Å². The highest BCUT2D eigenvalue weighted by atomic mass is 127. The number of ether oxygens (including phenoxy) is 1. The van der Waals surface area contributed by atoms with Gasteiger partial charge in [0.25, 0.3) is 0 Å². The average Bonchev–Trinajstić information content (AvgIpc) is 2.30. The summed E-state index contributed by atoms with van der Waals surface area (Å²) in [6.07, 6.45) is 0.815. The monoisotopic (exact) mass is 324 g/mol. The van der Waals surface area contributed by atoms with Gasteiger partial charge in [-0.2, -0.15) is 0 Å². The Labute approximate surface area is 107 Å². The fourth-order valence-corrected chi connectivity index (χ4v) is 1.80. The van der Waals surface area contributed by atoms with Gasteiger partial charge in [-0.15, -0.1) is 0 Å². The first-order chi connectivity index (χ1) is 7.78. The second-order valence-electron chi connectivity index (χ2n) is 3.25. The van der Waals surface area contributed by atoms with Gasteiger partial charge in [0.1, 0.15) is 17.8 Å². The maximum atomic E-state index is 10.5. The maximum Gasteiger partial charge on any atom is 0.150 e. The van der Waals surface area contributed by atoms with Crippen molar-refractivity contribution in [2.24, 2.45) is 0 Å². The molecule has 0 aliphatic carbocycles. The van der Waals surface area contributed by atoms with Crippen LogP contribution >= 0.6 is 22.6 Å². The summed E-state index contributed by atoms with van der Waals surface area (Å²) in [5, 5.41) is 0. The molecule has 0 N–H and O–H groups in total. The Bertz CT molecular complexity index is 492. The van der Waals surface area contributed by atoms with Crippen LogP contribution in [0.15, 0.2) is 48.5 Å². The van der Waals surface area contributed by atoms with Crippen molar-refractivity contribution in [2.45, 2.75) is 0 Å². The lowest BCUT2D eigenvalue weighted by molar-refractivity contribution is 0.112. The number of hydrogen-bond donors (Lipinski definition) is 0. The Hall–Kier alpha value is -1.36. The van der Waals surface area contributed by atoms with Crippen LogP contribution in [-0.2, 0) is 0 Å². The van der Waals surface area contributed by atoms with Gasteiger partial charge in [0.05, 0.1) is 0 Å². The molecule has 16 heavy (non-hydrogen) atoms. The van der Waals surface area contributed by atoms with Crippen molar-refractivity contribution in [3.05, 3.63) is 57.7 Å². The third kappa shape index (κ3) is 2.82. The number of hydrogen-bond acceptors (Lipinski definition) is 2. The van der Waals surface area contributed by atoms with Crippen molar-refractivity contribution in [1.29, 1.82) is 0 Å². The van der Waals surface area contributed by atoms with E-state index >= 15 is 0 Å². The summed E-state index contributed by atoms with van der Waals surface area (Å²) < 4.78 is 6.76. The quantitative estimate of drug-likeness (QED) is 0.632. The summed E-state index contributed by atoms with van der Waals surface area (Å²) in [6.45, 7) is 0. The van der Waals surface area contributed by atoms with E-state index in [0.29, 0.717) is 5.56 Å². The van der Waals surface area contributed by atoms with Gasteiger partial charge in [-0.25, -0.2) is 0 Å². The largest absolute Gasteiger partial charge is 0.457 e. The Balaban J connectivity index is 2.17. The second-order valence-corrected chi connectivity index (χ2v) is 4.49. The highest BCUT2D eigenvalue weighted by Crippen LogP contribution is 2.22. The highest BCUT2D eigenvalue weighted by Gasteiger charge is 1.97. The summed E-state index contributed by atoms with van der Waals surface area (Å²) in [6, 6.07) is 14.8. The Morgan fingerprint density at radius 2 is 1.75 bits per heavy atom. The van der Waals surface area contributed by atoms with Crippen molar-refractivity contribution in [2.75, 3.05) is 0 Å². The zero-order valence-electron chi connectivity index (χ0n) is 8.39. The normalized spacial score (nSPS) is 9.81. The SMILES string of the molecule is O=Cc1ccc(Oc2cccc(I)c2)cc1. The molecule has 0 saturated heterocycles. The van der Waals surface area contributed by atoms with E-state index in [2.05, 4.69) is 22.6 Å². The van der Waals surface area contributed by atoms with E-state index in [-0.39, 0.29) is 0 Å². The van der Waals surface area contributed by atoms with Gasteiger partial charge in [-0.05, 0) is 65.1 Å². The minimum Gasteiger partial charge on any atom is -0.457 e. The molecule has 0 saturated carbocycles. The Morgan fingerprint density at radius 3 is 2.38 bits per heavy atom. The van der Waals surface area contributed by atoms with Crippen LogP contribution in [0.1, 0.15) is 10.4 Å². The van der Waals surface area contributed by atoms with E-state index in [4.69, 9.17) is 4.74 Å². The molecule has 0 aliphatic rings. The predicted molar refractivity (Wildman–Crippen MR) is 71.1 cm³/mol. The van der Waals surface area contributed by atoms with Crippen LogP contribution in [0.25, 0.3) is 0 Å². The molecule has 0 fully saturated rings. The average molecular weight is 324 g/mol. The van der Waals surface area contributed by atoms with E-state index in [1.807, 2.05) is 24.3 Å². The molecule has 0 bridgehead atoms. The molecule has 2 nitrogen and oxygen atoms in total. The Morgan fingerprint density at radius 1 is 1.00 bits per heavy atom. The van der Waals surface area contributed by atoms with Gasteiger partial charge in [0.2, 0.25) is 0 Å². The first-order valence-electron chi connectivity index (χ1n) is 4.76. The van der Waals surface area contributed by atoms with Crippen molar-refractivity contribution in [1.82, 2.24) is 0 Å². The maximum absolute atomic E-state index is 10.5. The molecule has 2 aromatic carbocycles. The number of benzene rings is 2. The first-order valence-corrected chi connectivity index (χ1v) is 5.84.